The van der Waals surface area contributed by atoms with E-state index in [-0.39, 0.29) is 4.21 Å². The second kappa shape index (κ2) is 6.18. The summed E-state index contributed by atoms with van der Waals surface area (Å²) in [6.45, 7) is 1.24. The Morgan fingerprint density at radius 1 is 1.24 bits per heavy atom. The number of aliphatic hydroxyl groups is 1. The lowest BCUT2D eigenvalue weighted by molar-refractivity contribution is 0.172. The summed E-state index contributed by atoms with van der Waals surface area (Å²) in [5.74, 6) is -1.85. The lowest BCUT2D eigenvalue weighted by Crippen LogP contribution is -2.28. The van der Waals surface area contributed by atoms with Gasteiger partial charge in [-0.3, -0.25) is 0 Å². The van der Waals surface area contributed by atoms with Gasteiger partial charge in [0.25, 0.3) is 0 Å². The molecule has 0 saturated carbocycles. The molecule has 114 valence electrons. The quantitative estimate of drug-likeness (QED) is 0.883. The Balaban J connectivity index is 2.13. The molecule has 0 saturated heterocycles. The molecule has 1 atom stereocenters. The number of aliphatic hydroxyl groups excluding tert-OH is 1. The summed E-state index contributed by atoms with van der Waals surface area (Å²) in [4.78, 5) is 0.816. The third kappa shape index (κ3) is 3.65. The number of rotatable bonds is 5. The molecule has 0 aliphatic heterocycles. The number of nitrogens with one attached hydrogen (secondary N) is 1. The van der Waals surface area contributed by atoms with Crippen molar-refractivity contribution in [2.24, 2.45) is 0 Å². The SMILES string of the molecule is Cc1ccc(S(=O)(=O)NC[C@@H](O)c2c(F)cccc2F)s1. The minimum absolute atomic E-state index is 0.0844. The molecule has 0 unspecified atom stereocenters. The van der Waals surface area contributed by atoms with Crippen LogP contribution in [0.5, 0.6) is 0 Å². The predicted molar refractivity (Wildman–Crippen MR) is 75.6 cm³/mol. The summed E-state index contributed by atoms with van der Waals surface area (Å²) in [6.07, 6.45) is -1.61. The summed E-state index contributed by atoms with van der Waals surface area (Å²) in [5, 5.41) is 9.79. The van der Waals surface area contributed by atoms with Gasteiger partial charge in [0.2, 0.25) is 10.0 Å². The maximum atomic E-state index is 13.5. The van der Waals surface area contributed by atoms with E-state index in [0.717, 1.165) is 28.3 Å². The lowest BCUT2D eigenvalue weighted by Gasteiger charge is -2.13. The van der Waals surface area contributed by atoms with Crippen LogP contribution in [0.4, 0.5) is 8.78 Å². The molecule has 8 heteroatoms. The van der Waals surface area contributed by atoms with Crippen molar-refractivity contribution in [2.45, 2.75) is 17.2 Å². The largest absolute Gasteiger partial charge is 0.387 e. The Hall–Kier alpha value is -1.35. The van der Waals surface area contributed by atoms with E-state index in [4.69, 9.17) is 0 Å². The Bertz CT molecular complexity index is 723. The molecular formula is C13H13F2NO3S2. The molecule has 2 N–H and O–H groups in total. The molecule has 0 bridgehead atoms. The van der Waals surface area contributed by atoms with Crippen LogP contribution in [0.3, 0.4) is 0 Å². The van der Waals surface area contributed by atoms with E-state index in [1.165, 1.54) is 12.1 Å². The molecule has 1 aromatic heterocycles. The van der Waals surface area contributed by atoms with Crippen molar-refractivity contribution in [3.63, 3.8) is 0 Å². The first-order valence-electron chi connectivity index (χ1n) is 5.99. The fourth-order valence-electron chi connectivity index (χ4n) is 1.75. The molecule has 21 heavy (non-hydrogen) atoms. The minimum Gasteiger partial charge on any atom is -0.387 e. The molecule has 0 amide bonds. The van der Waals surface area contributed by atoms with Crippen LogP contribution >= 0.6 is 11.3 Å². The van der Waals surface area contributed by atoms with Crippen LogP contribution < -0.4 is 4.72 Å². The van der Waals surface area contributed by atoms with Gasteiger partial charge in [-0.05, 0) is 31.2 Å². The Morgan fingerprint density at radius 2 is 1.86 bits per heavy atom. The minimum atomic E-state index is -3.80. The van der Waals surface area contributed by atoms with Gasteiger partial charge in [0.15, 0.2) is 0 Å². The van der Waals surface area contributed by atoms with Crippen LogP contribution in [0.15, 0.2) is 34.5 Å². The van der Waals surface area contributed by atoms with E-state index in [1.807, 2.05) is 0 Å². The van der Waals surface area contributed by atoms with Gasteiger partial charge in [0.1, 0.15) is 15.8 Å². The van der Waals surface area contributed by atoms with E-state index >= 15 is 0 Å². The maximum absolute atomic E-state index is 13.5. The van der Waals surface area contributed by atoms with Crippen LogP contribution in [0.1, 0.15) is 16.5 Å². The number of hydrogen-bond acceptors (Lipinski definition) is 4. The predicted octanol–water partition coefficient (Wildman–Crippen LogP) is 2.35. The topological polar surface area (TPSA) is 66.4 Å². The van der Waals surface area contributed by atoms with Gasteiger partial charge < -0.3 is 5.11 Å². The van der Waals surface area contributed by atoms with Crippen molar-refractivity contribution in [1.29, 1.82) is 0 Å². The van der Waals surface area contributed by atoms with Crippen LogP contribution in [0.25, 0.3) is 0 Å². The molecule has 0 radical (unpaired) electrons. The van der Waals surface area contributed by atoms with Crippen molar-refractivity contribution >= 4 is 21.4 Å². The number of benzene rings is 1. The van der Waals surface area contributed by atoms with Crippen LogP contribution in [-0.2, 0) is 10.0 Å². The first kappa shape index (κ1) is 16.0. The highest BCUT2D eigenvalue weighted by atomic mass is 32.2. The van der Waals surface area contributed by atoms with Gasteiger partial charge in [-0.25, -0.2) is 21.9 Å². The normalized spacial score (nSPS) is 13.3. The van der Waals surface area contributed by atoms with Gasteiger partial charge in [-0.2, -0.15) is 0 Å². The summed E-state index contributed by atoms with van der Waals surface area (Å²) >= 11 is 1.07. The number of halogens is 2. The highest BCUT2D eigenvalue weighted by Crippen LogP contribution is 2.23. The number of hydrogen-bond donors (Lipinski definition) is 2. The van der Waals surface area contributed by atoms with Crippen molar-refractivity contribution in [2.75, 3.05) is 6.54 Å². The van der Waals surface area contributed by atoms with Crippen molar-refractivity contribution < 1.29 is 22.3 Å². The van der Waals surface area contributed by atoms with Gasteiger partial charge in [0, 0.05) is 11.4 Å². The standard InChI is InChI=1S/C13H13F2NO3S2/c1-8-5-6-12(20-8)21(18,19)16-7-11(17)13-9(14)3-2-4-10(13)15/h2-6,11,16-17H,7H2,1H3/t11-/m1/s1. The highest BCUT2D eigenvalue weighted by Gasteiger charge is 2.22. The third-order valence-corrected chi connectivity index (χ3v) is 5.70. The molecule has 4 nitrogen and oxygen atoms in total. The summed E-state index contributed by atoms with van der Waals surface area (Å²) < 4.78 is 53.1. The fraction of sp³-hybridized carbons (Fsp3) is 0.231. The molecule has 0 aliphatic carbocycles. The summed E-state index contributed by atoms with van der Waals surface area (Å²) in [7, 11) is -3.80. The molecule has 1 heterocycles. The zero-order valence-corrected chi connectivity index (χ0v) is 12.6. The molecular weight excluding hydrogens is 320 g/mol. The first-order chi connectivity index (χ1) is 9.81. The number of aryl methyl sites for hydroxylation is 1. The summed E-state index contributed by atoms with van der Waals surface area (Å²) in [6, 6.07) is 6.24. The number of sulfonamides is 1. The lowest BCUT2D eigenvalue weighted by atomic mass is 10.1. The second-order valence-corrected chi connectivity index (χ2v) is 7.65. The van der Waals surface area contributed by atoms with Gasteiger partial charge in [0.05, 0.1) is 11.7 Å². The van der Waals surface area contributed by atoms with E-state index in [9.17, 15) is 22.3 Å². The average molecular weight is 333 g/mol. The highest BCUT2D eigenvalue weighted by molar-refractivity contribution is 7.91. The van der Waals surface area contributed by atoms with Crippen molar-refractivity contribution in [1.82, 2.24) is 4.72 Å². The smallest absolute Gasteiger partial charge is 0.250 e. The zero-order valence-electron chi connectivity index (χ0n) is 11.0. The van der Waals surface area contributed by atoms with Gasteiger partial charge in [-0.1, -0.05) is 6.07 Å². The zero-order chi connectivity index (χ0) is 15.6. The Kier molecular flexibility index (Phi) is 4.72. The molecule has 0 aliphatic rings. The van der Waals surface area contributed by atoms with Crippen LogP contribution in [0.2, 0.25) is 0 Å². The molecule has 2 aromatic rings. The summed E-state index contributed by atoms with van der Waals surface area (Å²) in [5.41, 5.74) is -0.553. The molecule has 0 fully saturated rings. The van der Waals surface area contributed by atoms with Crippen LogP contribution in [-0.4, -0.2) is 20.1 Å². The molecule has 2 rings (SSSR count). The van der Waals surface area contributed by atoms with Gasteiger partial charge >= 0.3 is 0 Å². The average Bonchev–Trinajstić information content (AvgIpc) is 2.84. The van der Waals surface area contributed by atoms with E-state index in [0.29, 0.717) is 0 Å². The number of thiophene rings is 1. The Labute approximate surface area is 125 Å². The van der Waals surface area contributed by atoms with E-state index in [2.05, 4.69) is 4.72 Å². The fourth-order valence-corrected chi connectivity index (χ4v) is 4.11. The second-order valence-electron chi connectivity index (χ2n) is 4.37. The van der Waals surface area contributed by atoms with Crippen molar-refractivity contribution in [3.8, 4) is 0 Å². The first-order valence-corrected chi connectivity index (χ1v) is 8.29. The van der Waals surface area contributed by atoms with Crippen molar-refractivity contribution in [3.05, 3.63) is 52.4 Å². The third-order valence-electron chi connectivity index (χ3n) is 2.78. The monoisotopic (exact) mass is 333 g/mol. The molecule has 1 aromatic carbocycles. The Morgan fingerprint density at radius 3 is 2.38 bits per heavy atom. The molecule has 0 spiro atoms. The van der Waals surface area contributed by atoms with E-state index in [1.54, 1.807) is 13.0 Å². The van der Waals surface area contributed by atoms with Gasteiger partial charge in [-0.15, -0.1) is 11.3 Å². The van der Waals surface area contributed by atoms with Crippen LogP contribution in [0, 0.1) is 18.6 Å². The van der Waals surface area contributed by atoms with E-state index < -0.39 is 39.9 Å². The maximum Gasteiger partial charge on any atom is 0.250 e.